The highest BCUT2D eigenvalue weighted by Crippen LogP contribution is 2.24. The van der Waals surface area contributed by atoms with E-state index in [1.807, 2.05) is 51.9 Å². The Morgan fingerprint density at radius 3 is 2.51 bits per heavy atom. The Morgan fingerprint density at radius 2 is 1.86 bits per heavy atom. The Hall–Kier alpha value is -2.86. The van der Waals surface area contributed by atoms with Gasteiger partial charge < -0.3 is 14.2 Å². The van der Waals surface area contributed by atoms with Crippen LogP contribution >= 0.6 is 0 Å². The van der Waals surface area contributed by atoms with E-state index < -0.39 is 0 Å². The average molecular weight is 478 g/mol. The molecule has 2 aliphatic rings. The van der Waals surface area contributed by atoms with Crippen LogP contribution in [0.4, 0.5) is 0 Å². The molecule has 0 bridgehead atoms. The Balaban J connectivity index is 0.00000167. The topological polar surface area (TPSA) is 44.1 Å². The van der Waals surface area contributed by atoms with Crippen molar-refractivity contribution in [2.24, 2.45) is 0 Å². The number of piperazine rings is 1. The zero-order valence-electron chi connectivity index (χ0n) is 23.0. The lowest BCUT2D eigenvalue weighted by molar-refractivity contribution is -0.124. The third-order valence-corrected chi connectivity index (χ3v) is 6.90. The second kappa shape index (κ2) is 11.3. The second-order valence-electron chi connectivity index (χ2n) is 9.84. The molecule has 1 saturated heterocycles. The first-order chi connectivity index (χ1) is 16.6. The van der Waals surface area contributed by atoms with Gasteiger partial charge in [0.1, 0.15) is 0 Å². The van der Waals surface area contributed by atoms with Crippen LogP contribution in [0.2, 0.25) is 0 Å². The number of nitrogens with zero attached hydrogens (tertiary/aromatic N) is 5. The Morgan fingerprint density at radius 1 is 1.14 bits per heavy atom. The summed E-state index contributed by atoms with van der Waals surface area (Å²) in [6.45, 7) is 21.9. The molecule has 2 aromatic heterocycles. The average Bonchev–Trinajstić information content (AvgIpc) is 3.25. The van der Waals surface area contributed by atoms with Gasteiger partial charge in [0.2, 0.25) is 0 Å². The number of rotatable bonds is 4. The van der Waals surface area contributed by atoms with Gasteiger partial charge in [-0.3, -0.25) is 14.7 Å². The van der Waals surface area contributed by atoms with E-state index in [9.17, 15) is 4.79 Å². The predicted octanol–water partition coefficient (Wildman–Crippen LogP) is 5.42. The van der Waals surface area contributed by atoms with Gasteiger partial charge in [0.25, 0.3) is 5.91 Å². The molecule has 2 aromatic rings. The molecule has 1 unspecified atom stereocenters. The van der Waals surface area contributed by atoms with Gasteiger partial charge in [-0.25, -0.2) is 0 Å². The molecule has 0 saturated carbocycles. The molecule has 2 atom stereocenters. The van der Waals surface area contributed by atoms with Crippen molar-refractivity contribution >= 4 is 17.0 Å². The summed E-state index contributed by atoms with van der Waals surface area (Å²) in [6.07, 6.45) is 12.2. The highest BCUT2D eigenvalue weighted by Gasteiger charge is 2.28. The van der Waals surface area contributed by atoms with Gasteiger partial charge in [-0.1, -0.05) is 19.9 Å². The number of aromatic nitrogens is 2. The van der Waals surface area contributed by atoms with E-state index in [-0.39, 0.29) is 11.9 Å². The van der Waals surface area contributed by atoms with Crippen molar-refractivity contribution < 1.29 is 4.79 Å². The van der Waals surface area contributed by atoms with Crippen LogP contribution in [0.15, 0.2) is 48.6 Å². The molecule has 190 valence electrons. The fourth-order valence-electron chi connectivity index (χ4n) is 5.05. The number of hydrogen-bond acceptors (Lipinski definition) is 4. The lowest BCUT2D eigenvalue weighted by Crippen LogP contribution is -2.54. The molecular weight excluding hydrogens is 434 g/mol. The van der Waals surface area contributed by atoms with Crippen LogP contribution in [-0.4, -0.2) is 67.8 Å². The number of aryl methyl sites for hydroxylation is 2. The van der Waals surface area contributed by atoms with E-state index in [4.69, 9.17) is 0 Å². The smallest absolute Gasteiger partial charge is 0.251 e. The number of carbonyl (C=O) groups excluding carboxylic acids is 1. The van der Waals surface area contributed by atoms with E-state index in [0.29, 0.717) is 12.1 Å². The monoisotopic (exact) mass is 477 g/mol. The fraction of sp³-hybridized carbons (Fsp3) is 0.517. The fourth-order valence-corrected chi connectivity index (χ4v) is 5.05. The maximum atomic E-state index is 13.3. The standard InChI is InChI=1S/C27H37N5O.C2H6/c1-18(2)31-11-10-29(15-22(31)6)25-9-8-21(5)32(17-25)27(33)12-19(3)24-13-26-23(7)28-20(4)14-30(26)16-24;1-2/h8-9,12-14,16-18,21-22H,10-11,15H2,1-7H3;1-2H3/b19-12+;/t21?,22-;/m1./s1. The quantitative estimate of drug-likeness (QED) is 0.551. The van der Waals surface area contributed by atoms with Gasteiger partial charge in [-0.2, -0.15) is 0 Å². The molecule has 6 nitrogen and oxygen atoms in total. The zero-order chi connectivity index (χ0) is 25.9. The third kappa shape index (κ3) is 5.87. The molecule has 4 rings (SSSR count). The zero-order valence-corrected chi connectivity index (χ0v) is 23.0. The lowest BCUT2D eigenvalue weighted by Gasteiger charge is -2.44. The van der Waals surface area contributed by atoms with Crippen LogP contribution in [0.5, 0.6) is 0 Å². The van der Waals surface area contributed by atoms with E-state index in [1.165, 1.54) is 0 Å². The van der Waals surface area contributed by atoms with E-state index >= 15 is 0 Å². The SMILES string of the molecule is C/C(=C\C(=O)N1C=C(N2CCN(C(C)C)[C@H](C)C2)C=CC1C)c1cc2c(C)nc(C)cn2c1.CC. The summed E-state index contributed by atoms with van der Waals surface area (Å²) >= 11 is 0. The minimum absolute atomic E-state index is 0.0111. The van der Waals surface area contributed by atoms with Crippen molar-refractivity contribution in [2.45, 2.75) is 80.4 Å². The highest BCUT2D eigenvalue weighted by atomic mass is 16.2. The largest absolute Gasteiger partial charge is 0.368 e. The Bertz CT molecular complexity index is 1140. The minimum Gasteiger partial charge on any atom is -0.368 e. The van der Waals surface area contributed by atoms with E-state index in [0.717, 1.165) is 53.4 Å². The molecule has 0 aliphatic carbocycles. The normalized spacial score (nSPS) is 21.3. The van der Waals surface area contributed by atoms with Crippen molar-refractivity contribution in [3.63, 3.8) is 0 Å². The van der Waals surface area contributed by atoms with Crippen LogP contribution in [-0.2, 0) is 4.79 Å². The Labute approximate surface area is 211 Å². The van der Waals surface area contributed by atoms with Gasteiger partial charge in [0, 0.05) is 56.4 Å². The predicted molar refractivity (Wildman–Crippen MR) is 146 cm³/mol. The number of hydrogen-bond donors (Lipinski definition) is 0. The minimum atomic E-state index is 0.0111. The number of allylic oxidation sites excluding steroid dienone is 2. The van der Waals surface area contributed by atoms with Crippen LogP contribution in [0, 0.1) is 13.8 Å². The van der Waals surface area contributed by atoms with Crippen LogP contribution in [0.25, 0.3) is 11.1 Å². The first-order valence-electron chi connectivity index (χ1n) is 13.0. The summed E-state index contributed by atoms with van der Waals surface area (Å²) in [6, 6.07) is 3.18. The molecule has 2 aliphatic heterocycles. The molecule has 0 N–H and O–H groups in total. The van der Waals surface area contributed by atoms with Crippen molar-refractivity contribution in [3.05, 3.63) is 65.5 Å². The van der Waals surface area contributed by atoms with Gasteiger partial charge in [0.15, 0.2) is 0 Å². The van der Waals surface area contributed by atoms with Gasteiger partial charge >= 0.3 is 0 Å². The summed E-state index contributed by atoms with van der Waals surface area (Å²) in [4.78, 5) is 24.6. The maximum Gasteiger partial charge on any atom is 0.251 e. The highest BCUT2D eigenvalue weighted by molar-refractivity contribution is 5.96. The molecule has 6 heteroatoms. The molecule has 0 spiro atoms. The van der Waals surface area contributed by atoms with E-state index in [1.54, 1.807) is 6.08 Å². The first-order valence-corrected chi connectivity index (χ1v) is 13.0. The summed E-state index contributed by atoms with van der Waals surface area (Å²) in [7, 11) is 0. The number of amides is 1. The van der Waals surface area contributed by atoms with Crippen molar-refractivity contribution in [2.75, 3.05) is 19.6 Å². The number of carbonyl (C=O) groups is 1. The lowest BCUT2D eigenvalue weighted by atomic mass is 10.1. The Kier molecular flexibility index (Phi) is 8.60. The van der Waals surface area contributed by atoms with Crippen molar-refractivity contribution in [3.8, 4) is 0 Å². The molecule has 1 fully saturated rings. The van der Waals surface area contributed by atoms with Gasteiger partial charge in [-0.05, 0) is 71.7 Å². The van der Waals surface area contributed by atoms with Crippen LogP contribution in [0.1, 0.15) is 65.4 Å². The van der Waals surface area contributed by atoms with Gasteiger partial charge in [-0.15, -0.1) is 0 Å². The molecule has 35 heavy (non-hydrogen) atoms. The molecule has 1 amide bonds. The summed E-state index contributed by atoms with van der Waals surface area (Å²) < 4.78 is 2.09. The molecule has 0 radical (unpaired) electrons. The van der Waals surface area contributed by atoms with Crippen LogP contribution < -0.4 is 0 Å². The summed E-state index contributed by atoms with van der Waals surface area (Å²) in [5.74, 6) is 0.0111. The van der Waals surface area contributed by atoms with E-state index in [2.05, 4.69) is 71.3 Å². The van der Waals surface area contributed by atoms with Crippen molar-refractivity contribution in [1.82, 2.24) is 24.1 Å². The molecule has 0 aromatic carbocycles. The van der Waals surface area contributed by atoms with Gasteiger partial charge in [0.05, 0.1) is 28.6 Å². The first kappa shape index (κ1) is 26.7. The van der Waals surface area contributed by atoms with Crippen molar-refractivity contribution in [1.29, 1.82) is 0 Å². The second-order valence-corrected chi connectivity index (χ2v) is 9.84. The van der Waals surface area contributed by atoms with Crippen LogP contribution in [0.3, 0.4) is 0 Å². The number of fused-ring (bicyclic) bond motifs is 1. The summed E-state index contributed by atoms with van der Waals surface area (Å²) in [5, 5.41) is 0. The third-order valence-electron chi connectivity index (χ3n) is 6.90. The molecule has 4 heterocycles. The molecular formula is C29H43N5O. The summed E-state index contributed by atoms with van der Waals surface area (Å²) in [5.41, 5.74) is 6.17. The maximum absolute atomic E-state index is 13.3.